The fraction of sp³-hybridized carbons (Fsp3) is 0.0682. The Morgan fingerprint density at radius 3 is 0.879 bits per heavy atom. The number of hydrogen-bond acceptors (Lipinski definition) is 4. The lowest BCUT2D eigenvalue weighted by atomic mass is 9.82. The topological polar surface area (TPSA) is 37.4 Å². The van der Waals surface area contributed by atoms with Crippen LogP contribution in [0.3, 0.4) is 0 Å². The Kier molecular flexibility index (Phi) is 20.4. The third-order valence-corrected chi connectivity index (χ3v) is 29.7. The second-order valence-electron chi connectivity index (χ2n) is 38.7. The minimum Gasteiger partial charge on any atom is -0.310 e. The van der Waals surface area contributed by atoms with Crippen LogP contribution in [0.4, 0.5) is 55.6 Å². The minimum atomic E-state index is -0.249. The van der Waals surface area contributed by atoms with Gasteiger partial charge in [0.05, 0.1) is 33.1 Å². The van der Waals surface area contributed by atoms with E-state index >= 15 is 0 Å². The summed E-state index contributed by atoms with van der Waals surface area (Å²) in [4.78, 5) is 11.3. The van der Waals surface area contributed by atoms with Crippen molar-refractivity contribution in [1.29, 1.82) is 0 Å². The van der Waals surface area contributed by atoms with Gasteiger partial charge in [0, 0.05) is 129 Å². The first-order chi connectivity index (χ1) is 68.6. The number of benzene rings is 20. The van der Waals surface area contributed by atoms with Crippen molar-refractivity contribution < 1.29 is 4.39 Å². The molecule has 4 heterocycles. The molecule has 24 aromatic rings. The number of hydrogen-bond donors (Lipinski definition) is 0. The molecule has 668 valence electrons. The molecule has 0 saturated carbocycles. The number of nitrogens with zero attached hydrogens (tertiary/aromatic N) is 7. The maximum absolute atomic E-state index is 14.2. The first-order valence-electron chi connectivity index (χ1n) is 48.4. The molecule has 0 spiro atoms. The van der Waals surface area contributed by atoms with Crippen LogP contribution in [-0.2, 0) is 16.2 Å². The van der Waals surface area contributed by atoms with E-state index in [0.29, 0.717) is 0 Å². The molecule has 0 amide bonds. The number of halogens is 1. The van der Waals surface area contributed by atoms with Gasteiger partial charge in [-0.15, -0.1) is 0 Å². The first-order valence-corrected chi connectivity index (χ1v) is 48.4. The van der Waals surface area contributed by atoms with Crippen molar-refractivity contribution in [2.24, 2.45) is 0 Å². The van der Waals surface area contributed by atoms with Gasteiger partial charge in [-0.05, 0) is 306 Å². The molecular weight excluding hydrogens is 1700 g/mol. The third-order valence-electron chi connectivity index (χ3n) is 29.7. The van der Waals surface area contributed by atoms with E-state index in [4.69, 9.17) is 0 Å². The van der Waals surface area contributed by atoms with Gasteiger partial charge >= 0.3 is 0 Å². The van der Waals surface area contributed by atoms with Gasteiger partial charge < -0.3 is 28.4 Å². The SMILES string of the molecule is CC1(C)c2ccccc2-c2ccc(N(c3ccc(-c4ccncc4)cc3)c3ccc4c(c3)c3ccccc3n4-c3ccccc3)cc21.CC1(C)c2ccccc2-c2ccc(N(c3ccc(F)cc3)c3ccc4c(c3)c3ccccc3n4-c3ccc(-c4ccccc4)cc3)cc21.CC1(C)c2ccccc2-c2ccc(N(c3ccc4ccccc4c3)c3ccc4c(c3)c3ccccc3n4-c3ccccc3)cc21. The predicted octanol–water partition coefficient (Wildman–Crippen LogP) is 35.7. The molecule has 0 unspecified atom stereocenters. The molecule has 4 aromatic heterocycles. The number of pyridine rings is 1. The summed E-state index contributed by atoms with van der Waals surface area (Å²) in [6.45, 7) is 14.0. The Balaban J connectivity index is 0.000000111. The molecule has 0 fully saturated rings. The molecule has 0 saturated heterocycles. The maximum Gasteiger partial charge on any atom is 0.123 e. The largest absolute Gasteiger partial charge is 0.310 e. The molecule has 0 N–H and O–H groups in total. The molecule has 0 radical (unpaired) electrons. The van der Waals surface area contributed by atoms with Crippen molar-refractivity contribution in [3.8, 4) is 72.7 Å². The molecule has 0 aliphatic heterocycles. The first kappa shape index (κ1) is 84.3. The third kappa shape index (κ3) is 14.2. The van der Waals surface area contributed by atoms with Crippen molar-refractivity contribution in [1.82, 2.24) is 18.7 Å². The molecule has 20 aromatic carbocycles. The highest BCUT2D eigenvalue weighted by atomic mass is 19.1. The zero-order chi connectivity index (χ0) is 94.1. The Morgan fingerprint density at radius 1 is 0.193 bits per heavy atom. The quantitative estimate of drug-likeness (QED) is 0.109. The summed E-state index contributed by atoms with van der Waals surface area (Å²) in [7, 11) is 0. The van der Waals surface area contributed by atoms with E-state index in [1.807, 2.05) is 30.6 Å². The summed E-state index contributed by atoms with van der Waals surface area (Å²) in [5.41, 5.74) is 40.8. The monoisotopic (exact) mass is 1800 g/mol. The lowest BCUT2D eigenvalue weighted by molar-refractivity contribution is 0.628. The van der Waals surface area contributed by atoms with Gasteiger partial charge in [0.1, 0.15) is 5.82 Å². The van der Waals surface area contributed by atoms with Gasteiger partial charge in [-0.1, -0.05) is 308 Å². The summed E-state index contributed by atoms with van der Waals surface area (Å²) in [6, 6.07) is 170. The molecule has 0 bridgehead atoms. The predicted molar refractivity (Wildman–Crippen MR) is 585 cm³/mol. The lowest BCUT2D eigenvalue weighted by Gasteiger charge is -2.28. The van der Waals surface area contributed by atoms with Crippen LogP contribution < -0.4 is 14.7 Å². The normalized spacial score (nSPS) is 13.1. The van der Waals surface area contributed by atoms with Gasteiger partial charge in [0.15, 0.2) is 0 Å². The van der Waals surface area contributed by atoms with Crippen LogP contribution in [0.15, 0.2) is 486 Å². The summed E-state index contributed by atoms with van der Waals surface area (Å²) in [6.07, 6.45) is 3.70. The van der Waals surface area contributed by atoms with Gasteiger partial charge in [-0.3, -0.25) is 4.98 Å². The van der Waals surface area contributed by atoms with Gasteiger partial charge in [0.25, 0.3) is 0 Å². The van der Waals surface area contributed by atoms with Crippen LogP contribution in [0.1, 0.15) is 74.9 Å². The van der Waals surface area contributed by atoms with E-state index in [0.717, 1.165) is 84.5 Å². The molecule has 7 nitrogen and oxygen atoms in total. The highest BCUT2D eigenvalue weighted by Gasteiger charge is 2.40. The van der Waals surface area contributed by atoms with Crippen LogP contribution in [0.5, 0.6) is 0 Å². The average Bonchev–Trinajstić information content (AvgIpc) is 1.57. The average molecular weight is 1800 g/mol. The zero-order valence-corrected chi connectivity index (χ0v) is 78.7. The molecular formula is C132H98FN7. The molecule has 140 heavy (non-hydrogen) atoms. The summed E-state index contributed by atoms with van der Waals surface area (Å²) >= 11 is 0. The van der Waals surface area contributed by atoms with Crippen LogP contribution in [0.2, 0.25) is 0 Å². The standard InChI is InChI=1S/C45H33FN2.C44H33N3.C43H32N2/c1-45(2)41-14-8-6-12-37(41)38-26-24-36(29-42(38)45)47(33-22-18-32(46)19-23-33)35-25-27-44-40(28-35)39-13-7-9-15-43(39)48(44)34-20-16-31(17-21-34)30-10-4-3-5-11-30;1-44(2)40-14-8-6-12-36(40)37-22-20-35(29-41(37)44)46(33-18-16-30(17-19-33)31-24-26-45-27-25-31)34-21-23-43-39(28-34)38-13-7-9-15-42(38)47(43)32-10-4-3-5-11-32;1-43(2)39-18-10-8-16-35(39)36-24-22-34(28-40(36)43)44(32-21-20-29-12-6-7-13-30(29)26-32)33-23-25-42-38(27-33)37-17-9-11-19-41(37)45(42)31-14-4-3-5-15-31/h3-29H,1-2H3;3-29H,1-2H3;3-28H,1-2H3. The van der Waals surface area contributed by atoms with Gasteiger partial charge in [-0.2, -0.15) is 0 Å². The maximum atomic E-state index is 14.2. The van der Waals surface area contributed by atoms with E-state index < -0.39 is 0 Å². The fourth-order valence-corrected chi connectivity index (χ4v) is 22.8. The van der Waals surface area contributed by atoms with Crippen LogP contribution in [0, 0.1) is 5.82 Å². The van der Waals surface area contributed by atoms with E-state index in [-0.39, 0.29) is 22.1 Å². The summed E-state index contributed by atoms with van der Waals surface area (Å²) < 4.78 is 21.3. The highest BCUT2D eigenvalue weighted by Crippen LogP contribution is 2.56. The van der Waals surface area contributed by atoms with Crippen LogP contribution in [-0.4, -0.2) is 18.7 Å². The van der Waals surface area contributed by atoms with Gasteiger partial charge in [0.2, 0.25) is 0 Å². The number of rotatable bonds is 14. The second-order valence-corrected chi connectivity index (χ2v) is 38.7. The smallest absolute Gasteiger partial charge is 0.123 e. The Labute approximate surface area is 814 Å². The Bertz CT molecular complexity index is 8960. The van der Waals surface area contributed by atoms with Crippen LogP contribution in [0.25, 0.3) is 149 Å². The minimum absolute atomic E-state index is 0.0793. The van der Waals surface area contributed by atoms with E-state index in [2.05, 4.69) is 518 Å². The number of para-hydroxylation sites is 5. The van der Waals surface area contributed by atoms with Crippen molar-refractivity contribution in [3.63, 3.8) is 0 Å². The zero-order valence-electron chi connectivity index (χ0n) is 78.7. The van der Waals surface area contributed by atoms with Crippen molar-refractivity contribution in [3.05, 3.63) is 525 Å². The van der Waals surface area contributed by atoms with E-state index in [1.54, 1.807) is 12.1 Å². The van der Waals surface area contributed by atoms with Gasteiger partial charge in [-0.25, -0.2) is 4.39 Å². The fourth-order valence-electron chi connectivity index (χ4n) is 22.8. The highest BCUT2D eigenvalue weighted by molar-refractivity contribution is 6.14. The molecule has 8 heteroatoms. The molecule has 3 aliphatic rings. The van der Waals surface area contributed by atoms with Crippen molar-refractivity contribution >= 4 is 127 Å². The number of aromatic nitrogens is 4. The number of anilines is 9. The Morgan fingerprint density at radius 2 is 0.464 bits per heavy atom. The van der Waals surface area contributed by atoms with Crippen LogP contribution >= 0.6 is 0 Å². The van der Waals surface area contributed by atoms with Crippen molar-refractivity contribution in [2.45, 2.75) is 57.8 Å². The number of fused-ring (bicyclic) bond motifs is 19. The van der Waals surface area contributed by atoms with Crippen molar-refractivity contribution in [2.75, 3.05) is 14.7 Å². The summed E-state index contributed by atoms with van der Waals surface area (Å²) in [5.74, 6) is -0.249. The molecule has 0 atom stereocenters. The van der Waals surface area contributed by atoms with E-state index in [9.17, 15) is 4.39 Å². The lowest BCUT2D eigenvalue weighted by Crippen LogP contribution is -2.16. The summed E-state index contributed by atoms with van der Waals surface area (Å²) in [5, 5.41) is 9.79. The molecule has 3 aliphatic carbocycles. The second kappa shape index (κ2) is 33.8. The molecule has 27 rings (SSSR count). The van der Waals surface area contributed by atoms with E-state index in [1.165, 1.54) is 149 Å². The Hall–Kier alpha value is -17.5.